The van der Waals surface area contributed by atoms with Crippen LogP contribution in [0.5, 0.6) is 0 Å². The first-order valence-corrected chi connectivity index (χ1v) is 17.7. The molecule has 1 unspecified atom stereocenters. The van der Waals surface area contributed by atoms with Crippen molar-refractivity contribution in [1.29, 1.82) is 0 Å². The molecule has 1 N–H and O–H groups in total. The number of nitrogens with zero attached hydrogens (tertiary/aromatic N) is 7. The molecule has 246 valence electrons. The van der Waals surface area contributed by atoms with Gasteiger partial charge in [0, 0.05) is 85.2 Å². The number of β-amino-alcohol motifs (C(OH)–C–C–N with tert-alkyl or cyclic N) is 1. The number of aryl methyl sites for hydroxylation is 1. The van der Waals surface area contributed by atoms with Crippen molar-refractivity contribution in [2.45, 2.75) is 37.8 Å². The molecule has 1 aliphatic heterocycles. The number of hydrogen-bond donors (Lipinski definition) is 1. The average molecular weight is 662 g/mol. The Bertz CT molecular complexity index is 2130. The summed E-state index contributed by atoms with van der Waals surface area (Å²) in [4.78, 5) is 14.2. The van der Waals surface area contributed by atoms with Gasteiger partial charge < -0.3 is 10.0 Å². The van der Waals surface area contributed by atoms with Gasteiger partial charge in [-0.1, -0.05) is 48.0 Å². The molecule has 0 bridgehead atoms. The van der Waals surface area contributed by atoms with E-state index in [1.165, 1.54) is 3.97 Å². The lowest BCUT2D eigenvalue weighted by Gasteiger charge is -2.35. The number of anilines is 1. The molecule has 4 aromatic heterocycles. The SMILES string of the molecule is Cc1ccc(S(=O)(=O)n2cc(-c3cnn(C(C)c4ccccc4)c3)c3cc(-c4ccc(N5CCN(C[C@H](C)O)CC5)nc4)cnc32)cc1. The lowest BCUT2D eigenvalue weighted by Crippen LogP contribution is -2.48. The molecule has 0 radical (unpaired) electrons. The van der Waals surface area contributed by atoms with Gasteiger partial charge in [-0.3, -0.25) is 9.58 Å². The highest BCUT2D eigenvalue weighted by atomic mass is 32.2. The van der Waals surface area contributed by atoms with Gasteiger partial charge >= 0.3 is 0 Å². The number of rotatable bonds is 9. The van der Waals surface area contributed by atoms with Crippen LogP contribution in [-0.2, 0) is 10.0 Å². The molecule has 7 rings (SSSR count). The summed E-state index contributed by atoms with van der Waals surface area (Å²) in [7, 11) is -3.94. The highest BCUT2D eigenvalue weighted by molar-refractivity contribution is 7.90. The van der Waals surface area contributed by atoms with E-state index in [0.29, 0.717) is 17.6 Å². The van der Waals surface area contributed by atoms with E-state index in [9.17, 15) is 13.5 Å². The normalized spacial score (nSPS) is 15.5. The number of hydrogen-bond acceptors (Lipinski definition) is 8. The summed E-state index contributed by atoms with van der Waals surface area (Å²) < 4.78 is 31.2. The van der Waals surface area contributed by atoms with E-state index >= 15 is 0 Å². The van der Waals surface area contributed by atoms with Crippen molar-refractivity contribution in [3.63, 3.8) is 0 Å². The van der Waals surface area contributed by atoms with Crippen LogP contribution in [0.2, 0.25) is 0 Å². The quantitative estimate of drug-likeness (QED) is 0.213. The Balaban J connectivity index is 1.25. The fraction of sp³-hybridized carbons (Fsp3) is 0.270. The van der Waals surface area contributed by atoms with Gasteiger partial charge in [-0.2, -0.15) is 5.10 Å². The molecule has 5 heterocycles. The summed E-state index contributed by atoms with van der Waals surface area (Å²) in [5.74, 6) is 0.903. The van der Waals surface area contributed by atoms with Crippen LogP contribution in [-0.4, -0.2) is 81.0 Å². The third-order valence-electron chi connectivity index (χ3n) is 9.08. The number of aliphatic hydroxyl groups is 1. The van der Waals surface area contributed by atoms with Gasteiger partial charge in [-0.25, -0.2) is 22.4 Å². The number of fused-ring (bicyclic) bond motifs is 1. The number of piperazine rings is 1. The Labute approximate surface area is 281 Å². The van der Waals surface area contributed by atoms with Crippen molar-refractivity contribution in [2.75, 3.05) is 37.6 Å². The van der Waals surface area contributed by atoms with E-state index in [2.05, 4.69) is 34.0 Å². The molecule has 1 fully saturated rings. The van der Waals surface area contributed by atoms with Crippen molar-refractivity contribution in [3.8, 4) is 22.3 Å². The van der Waals surface area contributed by atoms with Gasteiger partial charge in [0.2, 0.25) is 0 Å². The summed E-state index contributed by atoms with van der Waals surface area (Å²) in [6.07, 6.45) is 8.61. The van der Waals surface area contributed by atoms with Crippen molar-refractivity contribution in [2.24, 2.45) is 0 Å². The van der Waals surface area contributed by atoms with Gasteiger partial charge in [-0.05, 0) is 56.7 Å². The molecule has 2 atom stereocenters. The van der Waals surface area contributed by atoms with Crippen LogP contribution in [0.15, 0.2) is 109 Å². The van der Waals surface area contributed by atoms with Crippen LogP contribution in [0.1, 0.15) is 31.0 Å². The molecule has 10 nitrogen and oxygen atoms in total. The molecule has 2 aromatic carbocycles. The van der Waals surface area contributed by atoms with E-state index in [0.717, 1.165) is 65.4 Å². The second-order valence-corrected chi connectivity index (χ2v) is 14.4. The van der Waals surface area contributed by atoms with Crippen molar-refractivity contribution < 1.29 is 13.5 Å². The van der Waals surface area contributed by atoms with Crippen molar-refractivity contribution in [3.05, 3.63) is 115 Å². The molecule has 0 spiro atoms. The molecule has 0 amide bonds. The van der Waals surface area contributed by atoms with Crippen LogP contribution >= 0.6 is 0 Å². The maximum atomic E-state index is 14.0. The van der Waals surface area contributed by atoms with E-state index in [1.54, 1.807) is 42.9 Å². The van der Waals surface area contributed by atoms with Gasteiger partial charge in [0.25, 0.3) is 10.0 Å². The molecule has 48 heavy (non-hydrogen) atoms. The third kappa shape index (κ3) is 6.24. The second kappa shape index (κ2) is 13.0. The lowest BCUT2D eigenvalue weighted by atomic mass is 10.1. The minimum atomic E-state index is -3.94. The maximum absolute atomic E-state index is 14.0. The zero-order valence-corrected chi connectivity index (χ0v) is 28.1. The van der Waals surface area contributed by atoms with E-state index in [1.807, 2.05) is 67.3 Å². The number of benzene rings is 2. The summed E-state index contributed by atoms with van der Waals surface area (Å²) in [6.45, 7) is 9.95. The predicted octanol–water partition coefficient (Wildman–Crippen LogP) is 5.62. The highest BCUT2D eigenvalue weighted by Gasteiger charge is 2.25. The third-order valence-corrected chi connectivity index (χ3v) is 10.7. The number of pyridine rings is 2. The Hall–Kier alpha value is -4.84. The average Bonchev–Trinajstić information content (AvgIpc) is 3.74. The van der Waals surface area contributed by atoms with Crippen LogP contribution in [0.25, 0.3) is 33.3 Å². The van der Waals surface area contributed by atoms with E-state index in [-0.39, 0.29) is 17.0 Å². The fourth-order valence-corrected chi connectivity index (χ4v) is 7.65. The van der Waals surface area contributed by atoms with Gasteiger partial charge in [0.15, 0.2) is 5.65 Å². The first-order valence-electron chi connectivity index (χ1n) is 16.2. The summed E-state index contributed by atoms with van der Waals surface area (Å²) in [5, 5.41) is 15.1. The minimum absolute atomic E-state index is 0.0101. The Morgan fingerprint density at radius 2 is 1.54 bits per heavy atom. The van der Waals surface area contributed by atoms with Crippen LogP contribution in [0, 0.1) is 6.92 Å². The lowest BCUT2D eigenvalue weighted by molar-refractivity contribution is 0.122. The summed E-state index contributed by atoms with van der Waals surface area (Å²) in [5.41, 5.74) is 5.68. The Morgan fingerprint density at radius 3 is 2.23 bits per heavy atom. The van der Waals surface area contributed by atoms with Crippen LogP contribution in [0.3, 0.4) is 0 Å². The molecule has 1 aliphatic rings. The summed E-state index contributed by atoms with van der Waals surface area (Å²) in [6, 6.07) is 23.0. The van der Waals surface area contributed by atoms with E-state index < -0.39 is 10.0 Å². The zero-order chi connectivity index (χ0) is 33.4. The molecule has 6 aromatic rings. The minimum Gasteiger partial charge on any atom is -0.392 e. The van der Waals surface area contributed by atoms with Crippen molar-refractivity contribution in [1.82, 2.24) is 28.6 Å². The first kappa shape index (κ1) is 31.7. The summed E-state index contributed by atoms with van der Waals surface area (Å²) >= 11 is 0. The zero-order valence-electron chi connectivity index (χ0n) is 27.3. The Kier molecular flexibility index (Phi) is 8.59. The van der Waals surface area contributed by atoms with Gasteiger partial charge in [-0.15, -0.1) is 0 Å². The fourth-order valence-electron chi connectivity index (χ4n) is 6.32. The monoisotopic (exact) mass is 661 g/mol. The van der Waals surface area contributed by atoms with Crippen LogP contribution < -0.4 is 4.90 Å². The van der Waals surface area contributed by atoms with E-state index in [4.69, 9.17) is 9.97 Å². The molecular formula is C37H39N7O3S. The Morgan fingerprint density at radius 1 is 0.812 bits per heavy atom. The molecule has 0 aliphatic carbocycles. The highest BCUT2D eigenvalue weighted by Crippen LogP contribution is 2.35. The first-order chi connectivity index (χ1) is 23.2. The van der Waals surface area contributed by atoms with Gasteiger partial charge in [0.1, 0.15) is 5.82 Å². The topological polar surface area (TPSA) is 109 Å². The van der Waals surface area contributed by atoms with Crippen LogP contribution in [0.4, 0.5) is 5.82 Å². The largest absolute Gasteiger partial charge is 0.392 e. The second-order valence-electron chi connectivity index (χ2n) is 12.6. The maximum Gasteiger partial charge on any atom is 0.269 e. The molecule has 11 heteroatoms. The molecule has 1 saturated heterocycles. The number of aliphatic hydroxyl groups excluding tert-OH is 1. The van der Waals surface area contributed by atoms with Gasteiger partial charge in [0.05, 0.1) is 23.2 Å². The van der Waals surface area contributed by atoms with Crippen molar-refractivity contribution >= 4 is 26.9 Å². The standard InChI is InChI=1S/C37H39N7O3S/c1-26-9-12-33(13-10-26)48(46,47)44-25-35(32-22-40-43(24-32)28(3)29-7-5-4-6-8-29)34-19-31(21-39-37(34)44)30-11-14-36(38-20-30)42-17-15-41(16-18-42)23-27(2)45/h4-14,19-22,24-25,27-28,45H,15-18,23H2,1-3H3/t27-,28?/m0/s1. The predicted molar refractivity (Wildman–Crippen MR) is 189 cm³/mol. The number of aromatic nitrogens is 5. The molecular weight excluding hydrogens is 623 g/mol. The molecule has 0 saturated carbocycles. The smallest absolute Gasteiger partial charge is 0.269 e.